The molecule has 0 spiro atoms. The zero-order valence-corrected chi connectivity index (χ0v) is 9.27. The molecule has 3 nitrogen and oxygen atoms in total. The van der Waals surface area contributed by atoms with Crippen LogP contribution in [-0.4, -0.2) is 9.78 Å². The molecule has 0 aliphatic carbocycles. The molecule has 0 radical (unpaired) electrons. The molecule has 0 atom stereocenters. The van der Waals surface area contributed by atoms with Crippen molar-refractivity contribution >= 4 is 28.3 Å². The number of rotatable bonds is 1. The fourth-order valence-corrected chi connectivity index (χ4v) is 1.54. The molecule has 14 heavy (non-hydrogen) atoms. The number of halogens is 2. The van der Waals surface area contributed by atoms with Gasteiger partial charge in [-0.25, -0.2) is 9.07 Å². The van der Waals surface area contributed by atoms with Crippen molar-refractivity contribution in [2.75, 3.05) is 5.73 Å². The van der Waals surface area contributed by atoms with Crippen LogP contribution >= 0.6 is 22.6 Å². The summed E-state index contributed by atoms with van der Waals surface area (Å²) in [6.07, 6.45) is 3.47. The van der Waals surface area contributed by atoms with Gasteiger partial charge < -0.3 is 5.73 Å². The van der Waals surface area contributed by atoms with E-state index in [0.29, 0.717) is 11.4 Å². The Kier molecular flexibility index (Phi) is 2.40. The Hall–Kier alpha value is -1.11. The lowest BCUT2D eigenvalue weighted by atomic mass is 10.2. The lowest BCUT2D eigenvalue weighted by Gasteiger charge is -2.04. The Morgan fingerprint density at radius 3 is 2.86 bits per heavy atom. The zero-order valence-electron chi connectivity index (χ0n) is 7.11. The fourth-order valence-electron chi connectivity index (χ4n) is 1.15. The first-order valence-electron chi connectivity index (χ1n) is 3.92. The van der Waals surface area contributed by atoms with Gasteiger partial charge in [-0.2, -0.15) is 5.10 Å². The van der Waals surface area contributed by atoms with Crippen molar-refractivity contribution in [3.63, 3.8) is 0 Å². The Morgan fingerprint density at radius 1 is 1.43 bits per heavy atom. The topological polar surface area (TPSA) is 43.8 Å². The largest absolute Gasteiger partial charge is 0.397 e. The van der Waals surface area contributed by atoms with Crippen LogP contribution in [0.4, 0.5) is 10.1 Å². The molecule has 1 aromatic heterocycles. The lowest BCUT2D eigenvalue weighted by Crippen LogP contribution is -2.00. The molecule has 0 fully saturated rings. The second-order valence-corrected chi connectivity index (χ2v) is 4.05. The zero-order chi connectivity index (χ0) is 10.1. The molecule has 72 valence electrons. The minimum Gasteiger partial charge on any atom is -0.397 e. The van der Waals surface area contributed by atoms with Crippen LogP contribution in [0.5, 0.6) is 0 Å². The second-order valence-electron chi connectivity index (χ2n) is 2.81. The summed E-state index contributed by atoms with van der Waals surface area (Å²) in [4.78, 5) is 0. The van der Waals surface area contributed by atoms with Crippen LogP contribution in [-0.2, 0) is 0 Å². The number of hydrogen-bond acceptors (Lipinski definition) is 2. The molecule has 0 unspecified atom stereocenters. The molecule has 1 aromatic carbocycles. The summed E-state index contributed by atoms with van der Waals surface area (Å²) in [5, 5.41) is 4.05. The molecule has 0 aliphatic heterocycles. The smallest absolute Gasteiger partial charge is 0.125 e. The number of anilines is 1. The molecule has 2 N–H and O–H groups in total. The minimum atomic E-state index is -0.320. The van der Waals surface area contributed by atoms with E-state index in [-0.39, 0.29) is 5.82 Å². The number of aromatic nitrogens is 2. The maximum atomic E-state index is 12.9. The van der Waals surface area contributed by atoms with Gasteiger partial charge in [0.2, 0.25) is 0 Å². The summed E-state index contributed by atoms with van der Waals surface area (Å²) in [5.41, 5.74) is 6.77. The number of nitrogen functional groups attached to an aromatic ring is 1. The average molecular weight is 303 g/mol. The van der Waals surface area contributed by atoms with Crippen molar-refractivity contribution < 1.29 is 4.39 Å². The molecule has 0 saturated heterocycles. The Labute approximate surface area is 93.9 Å². The van der Waals surface area contributed by atoms with Gasteiger partial charge in [-0.05, 0) is 34.7 Å². The summed E-state index contributed by atoms with van der Waals surface area (Å²) < 4.78 is 15.5. The summed E-state index contributed by atoms with van der Waals surface area (Å²) in [5.74, 6) is -0.320. The number of hydrogen-bond donors (Lipinski definition) is 1. The van der Waals surface area contributed by atoms with Gasteiger partial charge in [-0.1, -0.05) is 0 Å². The van der Waals surface area contributed by atoms with Gasteiger partial charge in [0.05, 0.1) is 21.1 Å². The highest BCUT2D eigenvalue weighted by atomic mass is 127. The highest BCUT2D eigenvalue weighted by Crippen LogP contribution is 2.18. The van der Waals surface area contributed by atoms with E-state index in [1.165, 1.54) is 18.2 Å². The van der Waals surface area contributed by atoms with Crippen LogP contribution in [0, 0.1) is 9.39 Å². The van der Waals surface area contributed by atoms with E-state index in [1.54, 1.807) is 17.1 Å². The molecular formula is C9H7FIN3. The van der Waals surface area contributed by atoms with Crippen LogP contribution in [0.1, 0.15) is 0 Å². The van der Waals surface area contributed by atoms with Gasteiger partial charge in [0.15, 0.2) is 0 Å². The van der Waals surface area contributed by atoms with Crippen molar-refractivity contribution in [3.05, 3.63) is 40.0 Å². The monoisotopic (exact) mass is 303 g/mol. The molecule has 0 amide bonds. The maximum absolute atomic E-state index is 12.9. The number of nitrogens with zero attached hydrogens (tertiary/aromatic N) is 2. The summed E-state index contributed by atoms with van der Waals surface area (Å²) >= 11 is 2.13. The van der Waals surface area contributed by atoms with Crippen LogP contribution in [0.15, 0.2) is 30.6 Å². The van der Waals surface area contributed by atoms with Crippen molar-refractivity contribution in [1.29, 1.82) is 0 Å². The molecule has 0 saturated carbocycles. The SMILES string of the molecule is Nc1ccc(F)cc1-n1cc(I)cn1. The van der Waals surface area contributed by atoms with Crippen LogP contribution in [0.25, 0.3) is 5.69 Å². The summed E-state index contributed by atoms with van der Waals surface area (Å²) in [6.45, 7) is 0. The van der Waals surface area contributed by atoms with Gasteiger partial charge in [-0.3, -0.25) is 0 Å². The standard InChI is InChI=1S/C9H7FIN3/c10-6-1-2-8(12)9(3-6)14-5-7(11)4-13-14/h1-5H,12H2. The Bertz CT molecular complexity index is 467. The first kappa shape index (κ1) is 9.45. The third kappa shape index (κ3) is 1.72. The molecule has 2 rings (SSSR count). The van der Waals surface area contributed by atoms with E-state index < -0.39 is 0 Å². The Morgan fingerprint density at radius 2 is 2.21 bits per heavy atom. The van der Waals surface area contributed by atoms with E-state index >= 15 is 0 Å². The van der Waals surface area contributed by atoms with E-state index in [2.05, 4.69) is 27.7 Å². The van der Waals surface area contributed by atoms with Gasteiger partial charge in [0.25, 0.3) is 0 Å². The molecule has 5 heteroatoms. The maximum Gasteiger partial charge on any atom is 0.125 e. The van der Waals surface area contributed by atoms with Crippen molar-refractivity contribution in [1.82, 2.24) is 9.78 Å². The van der Waals surface area contributed by atoms with Crippen molar-refractivity contribution in [3.8, 4) is 5.69 Å². The summed E-state index contributed by atoms with van der Waals surface area (Å²) in [7, 11) is 0. The van der Waals surface area contributed by atoms with E-state index in [4.69, 9.17) is 5.73 Å². The van der Waals surface area contributed by atoms with Crippen molar-refractivity contribution in [2.45, 2.75) is 0 Å². The third-order valence-electron chi connectivity index (χ3n) is 1.79. The van der Waals surface area contributed by atoms with Gasteiger partial charge in [0.1, 0.15) is 5.82 Å². The lowest BCUT2D eigenvalue weighted by molar-refractivity contribution is 0.625. The first-order chi connectivity index (χ1) is 6.66. The molecular weight excluding hydrogens is 296 g/mol. The van der Waals surface area contributed by atoms with Gasteiger partial charge >= 0.3 is 0 Å². The average Bonchev–Trinajstić information content (AvgIpc) is 2.56. The third-order valence-corrected chi connectivity index (χ3v) is 2.35. The molecule has 1 heterocycles. The van der Waals surface area contributed by atoms with Crippen LogP contribution < -0.4 is 5.73 Å². The molecule has 0 aliphatic rings. The van der Waals surface area contributed by atoms with Crippen molar-refractivity contribution in [2.24, 2.45) is 0 Å². The summed E-state index contributed by atoms with van der Waals surface area (Å²) in [6, 6.07) is 4.21. The van der Waals surface area contributed by atoms with E-state index in [1.807, 2.05) is 0 Å². The highest BCUT2D eigenvalue weighted by Gasteiger charge is 2.04. The normalized spacial score (nSPS) is 10.4. The highest BCUT2D eigenvalue weighted by molar-refractivity contribution is 14.1. The van der Waals surface area contributed by atoms with Crippen LogP contribution in [0.2, 0.25) is 0 Å². The van der Waals surface area contributed by atoms with Crippen LogP contribution in [0.3, 0.4) is 0 Å². The number of nitrogens with two attached hydrogens (primary N) is 1. The second kappa shape index (κ2) is 3.56. The minimum absolute atomic E-state index is 0.320. The molecule has 0 bridgehead atoms. The quantitative estimate of drug-likeness (QED) is 0.648. The van der Waals surface area contributed by atoms with E-state index in [9.17, 15) is 4.39 Å². The van der Waals surface area contributed by atoms with E-state index in [0.717, 1.165) is 3.57 Å². The fraction of sp³-hybridized carbons (Fsp3) is 0. The first-order valence-corrected chi connectivity index (χ1v) is 5.00. The molecule has 2 aromatic rings. The predicted octanol–water partition coefficient (Wildman–Crippen LogP) is 2.20. The predicted molar refractivity (Wildman–Crippen MR) is 60.7 cm³/mol. The van der Waals surface area contributed by atoms with Gasteiger partial charge in [-0.15, -0.1) is 0 Å². The Balaban J connectivity index is 2.55. The van der Waals surface area contributed by atoms with Gasteiger partial charge in [0, 0.05) is 12.3 Å². The number of benzene rings is 1.